The van der Waals surface area contributed by atoms with E-state index in [-0.39, 0.29) is 17.7 Å². The third-order valence-corrected chi connectivity index (χ3v) is 4.64. The second kappa shape index (κ2) is 9.01. The van der Waals surface area contributed by atoms with Gasteiger partial charge in [0.1, 0.15) is 23.3 Å². The molecule has 150 valence electrons. The fourth-order valence-electron chi connectivity index (χ4n) is 3.20. The van der Waals surface area contributed by atoms with Gasteiger partial charge in [-0.05, 0) is 30.7 Å². The smallest absolute Gasteiger partial charge is 0.387 e. The van der Waals surface area contributed by atoms with Gasteiger partial charge in [0.05, 0.1) is 13.2 Å². The molecule has 1 aromatic heterocycles. The Labute approximate surface area is 162 Å². The lowest BCUT2D eigenvalue weighted by molar-refractivity contribution is -0.135. The van der Waals surface area contributed by atoms with Crippen LogP contribution in [0.1, 0.15) is 37.0 Å². The number of hydrogen-bond donors (Lipinski definition) is 0. The summed E-state index contributed by atoms with van der Waals surface area (Å²) < 4.78 is 41.2. The van der Waals surface area contributed by atoms with Crippen LogP contribution in [0.25, 0.3) is 5.57 Å². The SMILES string of the molecule is CCc1ccc(C2COCCN2C(=O)C=C(C)c2ccccc2OC(F)F)o1. The Bertz CT molecular complexity index is 846. The molecule has 1 atom stereocenters. The van der Waals surface area contributed by atoms with Crippen LogP contribution in [0.5, 0.6) is 5.75 Å². The molecule has 0 aliphatic carbocycles. The maximum absolute atomic E-state index is 12.9. The van der Waals surface area contributed by atoms with E-state index in [1.54, 1.807) is 30.0 Å². The summed E-state index contributed by atoms with van der Waals surface area (Å²) in [5.74, 6) is 1.33. The van der Waals surface area contributed by atoms with Crippen LogP contribution in [0, 0.1) is 0 Å². The molecule has 7 heteroatoms. The fraction of sp³-hybridized carbons (Fsp3) is 0.381. The number of aryl methyl sites for hydroxylation is 1. The largest absolute Gasteiger partial charge is 0.464 e. The summed E-state index contributed by atoms with van der Waals surface area (Å²) >= 11 is 0. The number of para-hydroxylation sites is 1. The molecule has 3 rings (SSSR count). The zero-order valence-electron chi connectivity index (χ0n) is 15.9. The number of morpholine rings is 1. The van der Waals surface area contributed by atoms with Crippen molar-refractivity contribution in [3.05, 3.63) is 59.6 Å². The number of rotatable bonds is 6. The van der Waals surface area contributed by atoms with Crippen LogP contribution < -0.4 is 4.74 Å². The van der Waals surface area contributed by atoms with Gasteiger partial charge >= 0.3 is 6.61 Å². The number of furan rings is 1. The van der Waals surface area contributed by atoms with Crippen molar-refractivity contribution in [1.29, 1.82) is 0 Å². The monoisotopic (exact) mass is 391 g/mol. The molecule has 1 unspecified atom stereocenters. The van der Waals surface area contributed by atoms with Crippen molar-refractivity contribution in [2.45, 2.75) is 32.9 Å². The average Bonchev–Trinajstić information content (AvgIpc) is 3.17. The summed E-state index contributed by atoms with van der Waals surface area (Å²) in [5, 5.41) is 0. The molecule has 0 radical (unpaired) electrons. The van der Waals surface area contributed by atoms with Gasteiger partial charge in [0.15, 0.2) is 0 Å². The normalized spacial score (nSPS) is 17.8. The molecule has 0 N–H and O–H groups in total. The molecule has 1 amide bonds. The van der Waals surface area contributed by atoms with Crippen LogP contribution in [0.4, 0.5) is 8.78 Å². The van der Waals surface area contributed by atoms with Gasteiger partial charge in [-0.25, -0.2) is 0 Å². The van der Waals surface area contributed by atoms with Crippen LogP contribution in [0.3, 0.4) is 0 Å². The van der Waals surface area contributed by atoms with Crippen LogP contribution >= 0.6 is 0 Å². The van der Waals surface area contributed by atoms with Gasteiger partial charge in [-0.1, -0.05) is 25.1 Å². The lowest BCUT2D eigenvalue weighted by Crippen LogP contribution is -2.42. The van der Waals surface area contributed by atoms with E-state index >= 15 is 0 Å². The number of amides is 1. The average molecular weight is 391 g/mol. The minimum Gasteiger partial charge on any atom is -0.464 e. The van der Waals surface area contributed by atoms with E-state index < -0.39 is 6.61 Å². The molecule has 28 heavy (non-hydrogen) atoms. The standard InChI is InChI=1S/C21H23F2NO4/c1-3-15-8-9-19(27-15)17-13-26-11-10-24(17)20(25)12-14(2)16-6-4-5-7-18(16)28-21(22)23/h4-9,12,17,21H,3,10-11,13H2,1-2H3. The van der Waals surface area contributed by atoms with Gasteiger partial charge < -0.3 is 18.8 Å². The van der Waals surface area contributed by atoms with Crippen molar-refractivity contribution in [3.8, 4) is 5.75 Å². The molecule has 1 aliphatic heterocycles. The van der Waals surface area contributed by atoms with E-state index in [0.717, 1.165) is 12.2 Å². The van der Waals surface area contributed by atoms with E-state index in [1.165, 1.54) is 12.1 Å². The van der Waals surface area contributed by atoms with Crippen molar-refractivity contribution in [2.24, 2.45) is 0 Å². The fourth-order valence-corrected chi connectivity index (χ4v) is 3.20. The number of ether oxygens (including phenoxy) is 2. The second-order valence-electron chi connectivity index (χ2n) is 6.48. The minimum atomic E-state index is -2.93. The summed E-state index contributed by atoms with van der Waals surface area (Å²) in [4.78, 5) is 14.6. The lowest BCUT2D eigenvalue weighted by Gasteiger charge is -2.33. The summed E-state index contributed by atoms with van der Waals surface area (Å²) in [6.07, 6.45) is 2.21. The molecule has 0 bridgehead atoms. The predicted molar refractivity (Wildman–Crippen MR) is 100 cm³/mol. The number of alkyl halides is 2. The Balaban J connectivity index is 1.83. The molecule has 2 heterocycles. The first kappa shape index (κ1) is 20.1. The molecule has 1 aliphatic rings. The van der Waals surface area contributed by atoms with E-state index in [1.807, 2.05) is 19.1 Å². The number of hydrogen-bond acceptors (Lipinski definition) is 4. The van der Waals surface area contributed by atoms with Crippen LogP contribution in [-0.2, 0) is 16.0 Å². The quantitative estimate of drug-likeness (QED) is 0.683. The van der Waals surface area contributed by atoms with Crippen molar-refractivity contribution in [2.75, 3.05) is 19.8 Å². The summed E-state index contributed by atoms with van der Waals surface area (Å²) in [6, 6.07) is 9.85. The molecule has 1 fully saturated rings. The van der Waals surface area contributed by atoms with Crippen LogP contribution in [0.2, 0.25) is 0 Å². The highest BCUT2D eigenvalue weighted by atomic mass is 19.3. The molecular weight excluding hydrogens is 368 g/mol. The zero-order chi connectivity index (χ0) is 20.1. The van der Waals surface area contributed by atoms with Gasteiger partial charge in [-0.15, -0.1) is 0 Å². The van der Waals surface area contributed by atoms with E-state index in [4.69, 9.17) is 9.15 Å². The third kappa shape index (κ3) is 4.59. The van der Waals surface area contributed by atoms with Crippen molar-refractivity contribution >= 4 is 11.5 Å². The summed E-state index contributed by atoms with van der Waals surface area (Å²) in [6.45, 7) is 1.96. The van der Waals surface area contributed by atoms with Crippen LogP contribution in [0.15, 0.2) is 46.9 Å². The number of nitrogens with zero attached hydrogens (tertiary/aromatic N) is 1. The predicted octanol–water partition coefficient (Wildman–Crippen LogP) is 4.45. The molecule has 2 aromatic rings. The first-order chi connectivity index (χ1) is 13.5. The molecular formula is C21H23F2NO4. The maximum Gasteiger partial charge on any atom is 0.387 e. The zero-order valence-corrected chi connectivity index (χ0v) is 15.9. The number of allylic oxidation sites excluding steroid dienone is 1. The first-order valence-corrected chi connectivity index (χ1v) is 9.19. The Morgan fingerprint density at radius 3 is 2.82 bits per heavy atom. The van der Waals surface area contributed by atoms with Crippen LogP contribution in [-0.4, -0.2) is 37.2 Å². The number of carbonyl (C=O) groups is 1. The number of carbonyl (C=O) groups excluding carboxylic acids is 1. The summed E-state index contributed by atoms with van der Waals surface area (Å²) in [7, 11) is 0. The Morgan fingerprint density at radius 2 is 2.11 bits per heavy atom. The minimum absolute atomic E-state index is 0.0381. The number of benzene rings is 1. The molecule has 5 nitrogen and oxygen atoms in total. The van der Waals surface area contributed by atoms with Gasteiger partial charge in [0.25, 0.3) is 0 Å². The van der Waals surface area contributed by atoms with E-state index in [0.29, 0.717) is 36.7 Å². The Kier molecular flexibility index (Phi) is 6.46. The highest BCUT2D eigenvalue weighted by molar-refractivity contribution is 5.95. The van der Waals surface area contributed by atoms with Crippen molar-refractivity contribution < 1.29 is 27.5 Å². The van der Waals surface area contributed by atoms with Gasteiger partial charge in [-0.3, -0.25) is 4.79 Å². The Hall–Kier alpha value is -2.67. The lowest BCUT2D eigenvalue weighted by atomic mass is 10.1. The number of halogens is 2. The molecule has 0 saturated carbocycles. The second-order valence-corrected chi connectivity index (χ2v) is 6.48. The van der Waals surface area contributed by atoms with Crippen molar-refractivity contribution in [3.63, 3.8) is 0 Å². The van der Waals surface area contributed by atoms with Gasteiger partial charge in [-0.2, -0.15) is 8.78 Å². The van der Waals surface area contributed by atoms with Gasteiger partial charge in [0.2, 0.25) is 5.91 Å². The van der Waals surface area contributed by atoms with Gasteiger partial charge in [0, 0.05) is 24.6 Å². The van der Waals surface area contributed by atoms with E-state index in [9.17, 15) is 13.6 Å². The Morgan fingerprint density at radius 1 is 1.32 bits per heavy atom. The van der Waals surface area contributed by atoms with Crippen molar-refractivity contribution in [1.82, 2.24) is 4.90 Å². The highest BCUT2D eigenvalue weighted by Gasteiger charge is 2.30. The molecule has 1 saturated heterocycles. The molecule has 0 spiro atoms. The molecule has 1 aromatic carbocycles. The topological polar surface area (TPSA) is 51.9 Å². The first-order valence-electron chi connectivity index (χ1n) is 9.19. The maximum atomic E-state index is 12.9. The van der Waals surface area contributed by atoms with E-state index in [2.05, 4.69) is 4.74 Å². The third-order valence-electron chi connectivity index (χ3n) is 4.64. The highest BCUT2D eigenvalue weighted by Crippen LogP contribution is 2.30. The summed E-state index contributed by atoms with van der Waals surface area (Å²) in [5.41, 5.74) is 0.993.